The lowest BCUT2D eigenvalue weighted by Gasteiger charge is -2.60. The van der Waals surface area contributed by atoms with Gasteiger partial charge in [-0.15, -0.1) is 34.5 Å². The summed E-state index contributed by atoms with van der Waals surface area (Å²) >= 11 is 13.2. The van der Waals surface area contributed by atoms with Crippen molar-refractivity contribution in [3.63, 3.8) is 0 Å². The second-order valence-corrected chi connectivity index (χ2v) is 17.9. The number of carbonyl (C=O) groups is 2. The van der Waals surface area contributed by atoms with Gasteiger partial charge >= 0.3 is 5.97 Å². The van der Waals surface area contributed by atoms with Crippen LogP contribution in [0.25, 0.3) is 10.2 Å². The molecule has 2 unspecified atom stereocenters. The van der Waals surface area contributed by atoms with Gasteiger partial charge in [0.1, 0.15) is 16.8 Å². The van der Waals surface area contributed by atoms with Gasteiger partial charge in [-0.25, -0.2) is 9.78 Å². The van der Waals surface area contributed by atoms with Gasteiger partial charge < -0.3 is 14.1 Å². The van der Waals surface area contributed by atoms with Crippen LogP contribution in [0, 0.1) is 11.3 Å². The summed E-state index contributed by atoms with van der Waals surface area (Å²) < 4.78 is 14.1. The number of hydrogen-bond donors (Lipinski definition) is 0. The van der Waals surface area contributed by atoms with E-state index in [9.17, 15) is 9.59 Å². The highest BCUT2D eigenvalue weighted by molar-refractivity contribution is 8.77. The van der Waals surface area contributed by atoms with Crippen LogP contribution in [0.1, 0.15) is 41.0 Å². The van der Waals surface area contributed by atoms with Crippen molar-refractivity contribution < 1.29 is 18.8 Å². The predicted octanol–water partition coefficient (Wildman–Crippen LogP) is 7.31. The number of para-hydroxylation sites is 1. The average molecular weight is 636 g/mol. The standard InChI is InChI=1S/C26H36Cl2N2O4S3Si/c1-9-26(25(4,5)6,34-38(7)8)19-21(31)30(20(15(2)3)23(32)33-14-18(27)28)22(19)36-37-24-29-16-12-10-11-13-17(16)35-24/h10-13,18-20,22,38H,2,9,14H2,1,3-8H3/t19-,20?,22-,26?/m1/s1. The minimum atomic E-state index is -1.55. The second kappa shape index (κ2) is 12.8. The van der Waals surface area contributed by atoms with Gasteiger partial charge in [0.15, 0.2) is 19.4 Å². The van der Waals surface area contributed by atoms with Crippen molar-refractivity contribution in [3.05, 3.63) is 36.4 Å². The molecule has 1 fully saturated rings. The number of ether oxygens (including phenoxy) is 1. The highest BCUT2D eigenvalue weighted by atomic mass is 35.5. The molecule has 0 saturated carbocycles. The maximum atomic E-state index is 14.1. The molecule has 0 aliphatic carbocycles. The van der Waals surface area contributed by atoms with E-state index in [2.05, 4.69) is 47.4 Å². The third-order valence-corrected chi connectivity index (χ3v) is 11.8. The molecule has 0 N–H and O–H groups in total. The molecule has 38 heavy (non-hydrogen) atoms. The minimum absolute atomic E-state index is 0.142. The Balaban J connectivity index is 2.01. The first-order valence-corrected chi connectivity index (χ1v) is 19.2. The van der Waals surface area contributed by atoms with Crippen LogP contribution in [0.15, 0.2) is 40.8 Å². The van der Waals surface area contributed by atoms with E-state index >= 15 is 0 Å². The third-order valence-electron chi connectivity index (χ3n) is 6.64. The van der Waals surface area contributed by atoms with Crippen molar-refractivity contribution in [1.82, 2.24) is 9.88 Å². The molecule has 1 aliphatic heterocycles. The van der Waals surface area contributed by atoms with Gasteiger partial charge in [-0.05, 0) is 60.4 Å². The summed E-state index contributed by atoms with van der Waals surface area (Å²) in [7, 11) is 1.50. The van der Waals surface area contributed by atoms with Crippen molar-refractivity contribution in [2.75, 3.05) is 6.61 Å². The molecule has 1 aliphatic rings. The van der Waals surface area contributed by atoms with Crippen molar-refractivity contribution in [2.45, 2.75) is 80.3 Å². The maximum absolute atomic E-state index is 14.1. The van der Waals surface area contributed by atoms with Crippen molar-refractivity contribution in [3.8, 4) is 0 Å². The topological polar surface area (TPSA) is 68.7 Å². The number of halogens is 2. The van der Waals surface area contributed by atoms with Gasteiger partial charge in [-0.1, -0.05) is 57.2 Å². The zero-order valence-corrected chi connectivity index (χ0v) is 27.9. The molecule has 0 spiro atoms. The number of amides is 1. The van der Waals surface area contributed by atoms with Crippen molar-refractivity contribution in [1.29, 1.82) is 0 Å². The van der Waals surface area contributed by atoms with Crippen LogP contribution >= 0.6 is 56.1 Å². The monoisotopic (exact) mass is 634 g/mol. The molecule has 210 valence electrons. The van der Waals surface area contributed by atoms with Crippen molar-refractivity contribution >= 4 is 87.3 Å². The Morgan fingerprint density at radius 2 is 1.95 bits per heavy atom. The largest absolute Gasteiger partial charge is 0.461 e. The van der Waals surface area contributed by atoms with Gasteiger partial charge in [-0.2, -0.15) is 0 Å². The molecule has 1 amide bonds. The van der Waals surface area contributed by atoms with Crippen molar-refractivity contribution in [2.24, 2.45) is 11.3 Å². The highest BCUT2D eigenvalue weighted by Crippen LogP contribution is 2.56. The summed E-state index contributed by atoms with van der Waals surface area (Å²) in [4.78, 5) is 32.7. The van der Waals surface area contributed by atoms with Crippen LogP contribution in [0.2, 0.25) is 13.1 Å². The summed E-state index contributed by atoms with van der Waals surface area (Å²) in [6.45, 7) is 18.3. The van der Waals surface area contributed by atoms with Crippen LogP contribution in [0.4, 0.5) is 0 Å². The van der Waals surface area contributed by atoms with Crippen LogP contribution in [0.5, 0.6) is 0 Å². The SMILES string of the molecule is C=C(C)C(C(=O)OCC(Cl)Cl)N1C(=O)[C@@H](C(CC)(O[SiH](C)C)C(C)(C)C)[C@H]1SSc1nc2ccccc2s1. The molecule has 1 aromatic heterocycles. The smallest absolute Gasteiger partial charge is 0.333 e. The fourth-order valence-corrected chi connectivity index (χ4v) is 10.8. The van der Waals surface area contributed by atoms with Crippen LogP contribution in [0.3, 0.4) is 0 Å². The van der Waals surface area contributed by atoms with Crippen LogP contribution < -0.4 is 0 Å². The molecule has 2 aromatic rings. The molecule has 1 aromatic carbocycles. The predicted molar refractivity (Wildman–Crippen MR) is 165 cm³/mol. The Morgan fingerprint density at radius 1 is 1.29 bits per heavy atom. The van der Waals surface area contributed by atoms with E-state index in [-0.39, 0.29) is 23.3 Å². The molecular weight excluding hydrogens is 599 g/mol. The molecule has 4 atom stereocenters. The first kappa shape index (κ1) is 31.8. The normalized spacial score (nSPS) is 20.5. The van der Waals surface area contributed by atoms with Gasteiger partial charge in [0, 0.05) is 0 Å². The molecule has 0 bridgehead atoms. The zero-order chi connectivity index (χ0) is 28.4. The van der Waals surface area contributed by atoms with E-state index in [1.165, 1.54) is 21.6 Å². The number of rotatable bonds is 12. The lowest BCUT2D eigenvalue weighted by atomic mass is 9.64. The van der Waals surface area contributed by atoms with Crippen LogP contribution in [-0.4, -0.2) is 59.3 Å². The number of β-lactam (4-membered cyclic amide) rings is 1. The van der Waals surface area contributed by atoms with E-state index in [1.807, 2.05) is 24.3 Å². The molecule has 1 saturated heterocycles. The first-order chi connectivity index (χ1) is 17.7. The summed E-state index contributed by atoms with van der Waals surface area (Å²) in [5, 5.41) is -0.372. The Labute approximate surface area is 249 Å². The number of carbonyl (C=O) groups excluding carboxylic acids is 2. The fourth-order valence-electron chi connectivity index (χ4n) is 5.02. The number of aromatic nitrogens is 1. The lowest BCUT2D eigenvalue weighted by molar-refractivity contribution is -0.188. The summed E-state index contributed by atoms with van der Waals surface area (Å²) in [6, 6.07) is 7.03. The van der Waals surface area contributed by atoms with Gasteiger partial charge in [0.2, 0.25) is 5.91 Å². The number of likely N-dealkylation sites (tertiary alicyclic amines) is 1. The number of alkyl halides is 2. The molecule has 3 rings (SSSR count). The first-order valence-electron chi connectivity index (χ1n) is 12.5. The Bertz CT molecular complexity index is 1140. The quantitative estimate of drug-likeness (QED) is 0.0605. The molecule has 0 radical (unpaired) electrons. The van der Waals surface area contributed by atoms with E-state index in [0.717, 1.165) is 14.6 Å². The zero-order valence-electron chi connectivity index (χ0n) is 22.8. The average Bonchev–Trinajstić information content (AvgIpc) is 3.24. The number of thiazole rings is 1. The van der Waals surface area contributed by atoms with Gasteiger partial charge in [0.25, 0.3) is 0 Å². The van der Waals surface area contributed by atoms with E-state index in [4.69, 9.17) is 37.3 Å². The van der Waals surface area contributed by atoms with E-state index in [0.29, 0.717) is 12.0 Å². The second-order valence-electron chi connectivity index (χ2n) is 10.7. The fraction of sp³-hybridized carbons (Fsp3) is 0.577. The summed E-state index contributed by atoms with van der Waals surface area (Å²) in [5.41, 5.74) is 0.419. The highest BCUT2D eigenvalue weighted by Gasteiger charge is 2.64. The molecule has 12 heteroatoms. The van der Waals surface area contributed by atoms with Gasteiger partial charge in [0.05, 0.1) is 21.7 Å². The number of nitrogens with zero attached hydrogens (tertiary/aromatic N) is 2. The number of esters is 1. The summed E-state index contributed by atoms with van der Waals surface area (Å²) in [5.74, 6) is -1.20. The minimum Gasteiger partial charge on any atom is -0.461 e. The number of hydrogen-bond acceptors (Lipinski definition) is 8. The van der Waals surface area contributed by atoms with E-state index in [1.54, 1.807) is 23.2 Å². The lowest BCUT2D eigenvalue weighted by Crippen LogP contribution is -2.74. The Kier molecular flexibility index (Phi) is 10.7. The van der Waals surface area contributed by atoms with Crippen LogP contribution in [-0.2, 0) is 18.8 Å². The van der Waals surface area contributed by atoms with E-state index < -0.39 is 37.4 Å². The molecule has 2 heterocycles. The number of fused-ring (bicyclic) bond motifs is 1. The maximum Gasteiger partial charge on any atom is 0.333 e. The molecule has 6 nitrogen and oxygen atoms in total. The Hall–Kier alpha value is -0.753. The molecular formula is C26H36Cl2N2O4S3Si. The summed E-state index contributed by atoms with van der Waals surface area (Å²) in [6.07, 6.45) is 0.664. The third kappa shape index (κ3) is 6.58. The van der Waals surface area contributed by atoms with Gasteiger partial charge in [-0.3, -0.25) is 4.79 Å². The Morgan fingerprint density at radius 3 is 2.47 bits per heavy atom. The number of benzene rings is 1.